The molecule has 3 aromatic rings. The lowest BCUT2D eigenvalue weighted by Crippen LogP contribution is -2.56. The second-order valence-electron chi connectivity index (χ2n) is 7.50. The minimum Gasteiger partial charge on any atom is -0.508 e. The smallest absolute Gasteiger partial charge is 0.326 e. The van der Waals surface area contributed by atoms with Gasteiger partial charge in [-0.05, 0) is 24.1 Å². The summed E-state index contributed by atoms with van der Waals surface area (Å²) in [6, 6.07) is 2.97. The number of rotatable bonds is 11. The maximum absolute atomic E-state index is 12.9. The Kier molecular flexibility index (Phi) is 7.76. The summed E-state index contributed by atoms with van der Waals surface area (Å²) in [6.07, 6.45) is 6.04. The molecular weight excluding hydrogens is 430 g/mol. The fourth-order valence-corrected chi connectivity index (χ4v) is 3.17. The van der Waals surface area contributed by atoms with E-state index < -0.39 is 35.9 Å². The number of nitrogens with one attached hydrogen (secondary N) is 4. The van der Waals surface area contributed by atoms with Crippen molar-refractivity contribution in [3.05, 3.63) is 66.3 Å². The van der Waals surface area contributed by atoms with Gasteiger partial charge < -0.3 is 36.5 Å². The molecule has 2 heterocycles. The van der Waals surface area contributed by atoms with Gasteiger partial charge in [-0.3, -0.25) is 9.59 Å². The van der Waals surface area contributed by atoms with Crippen LogP contribution in [0.3, 0.4) is 0 Å². The first-order valence-corrected chi connectivity index (χ1v) is 10.1. The van der Waals surface area contributed by atoms with Gasteiger partial charge in [0, 0.05) is 36.6 Å². The molecule has 0 aliphatic carbocycles. The molecule has 3 rings (SSSR count). The Hall–Kier alpha value is -4.19. The highest BCUT2D eigenvalue weighted by molar-refractivity contribution is 5.92. The summed E-state index contributed by atoms with van der Waals surface area (Å²) >= 11 is 0. The van der Waals surface area contributed by atoms with Crippen LogP contribution in [0.5, 0.6) is 5.75 Å². The SMILES string of the molecule is N[C@@H](Cc1ccc(O)cc1)C(=O)N[C@@H](Cc1cnc[nH]1)C(=O)N[C@@H](Cc1cnc[nH]1)C(=O)O. The summed E-state index contributed by atoms with van der Waals surface area (Å²) in [5.74, 6) is -2.39. The molecule has 2 amide bonds. The van der Waals surface area contributed by atoms with Crippen molar-refractivity contribution in [1.82, 2.24) is 30.6 Å². The van der Waals surface area contributed by atoms with Crippen molar-refractivity contribution in [2.24, 2.45) is 5.73 Å². The van der Waals surface area contributed by atoms with E-state index in [4.69, 9.17) is 5.73 Å². The average Bonchev–Trinajstić information content (AvgIpc) is 3.48. The van der Waals surface area contributed by atoms with Gasteiger partial charge in [0.2, 0.25) is 11.8 Å². The van der Waals surface area contributed by atoms with Gasteiger partial charge in [-0.15, -0.1) is 0 Å². The monoisotopic (exact) mass is 455 g/mol. The summed E-state index contributed by atoms with van der Waals surface area (Å²) in [4.78, 5) is 50.7. The number of nitrogens with zero attached hydrogens (tertiary/aromatic N) is 2. The van der Waals surface area contributed by atoms with Gasteiger partial charge in [0.25, 0.3) is 0 Å². The first-order chi connectivity index (χ1) is 15.8. The molecule has 0 fully saturated rings. The molecule has 8 N–H and O–H groups in total. The van der Waals surface area contributed by atoms with Crippen LogP contribution >= 0.6 is 0 Å². The summed E-state index contributed by atoms with van der Waals surface area (Å²) < 4.78 is 0. The lowest BCUT2D eigenvalue weighted by molar-refractivity contribution is -0.142. The third-order valence-corrected chi connectivity index (χ3v) is 4.93. The number of aromatic nitrogens is 4. The molecule has 0 aliphatic rings. The van der Waals surface area contributed by atoms with Crippen LogP contribution in [0.1, 0.15) is 17.0 Å². The van der Waals surface area contributed by atoms with Crippen LogP contribution in [-0.2, 0) is 33.6 Å². The Bertz CT molecular complexity index is 1050. The molecule has 2 aromatic heterocycles. The number of benzene rings is 1. The zero-order valence-corrected chi connectivity index (χ0v) is 17.6. The van der Waals surface area contributed by atoms with Crippen LogP contribution in [0, 0.1) is 0 Å². The number of hydrogen-bond acceptors (Lipinski definition) is 7. The first kappa shape index (κ1) is 23.5. The van der Waals surface area contributed by atoms with E-state index in [0.29, 0.717) is 11.4 Å². The lowest BCUT2D eigenvalue weighted by Gasteiger charge is -2.22. The zero-order valence-electron chi connectivity index (χ0n) is 17.6. The van der Waals surface area contributed by atoms with Crippen molar-refractivity contribution in [2.45, 2.75) is 37.4 Å². The number of aromatic hydroxyl groups is 1. The molecule has 3 atom stereocenters. The van der Waals surface area contributed by atoms with Gasteiger partial charge in [-0.2, -0.15) is 0 Å². The number of phenolic OH excluding ortho intramolecular Hbond substituents is 1. The average molecular weight is 455 g/mol. The number of phenols is 1. The van der Waals surface area contributed by atoms with E-state index in [-0.39, 0.29) is 25.0 Å². The summed E-state index contributed by atoms with van der Waals surface area (Å²) in [6.45, 7) is 0. The van der Waals surface area contributed by atoms with Crippen molar-refractivity contribution in [2.75, 3.05) is 0 Å². The van der Waals surface area contributed by atoms with Crippen LogP contribution in [0.4, 0.5) is 0 Å². The first-order valence-electron chi connectivity index (χ1n) is 10.1. The van der Waals surface area contributed by atoms with E-state index in [1.165, 1.54) is 37.2 Å². The Morgan fingerprint density at radius 3 is 1.94 bits per heavy atom. The van der Waals surface area contributed by atoms with E-state index in [1.54, 1.807) is 12.1 Å². The minimum absolute atomic E-state index is 0.00777. The molecule has 0 saturated heterocycles. The van der Waals surface area contributed by atoms with Crippen molar-refractivity contribution >= 4 is 17.8 Å². The normalized spacial score (nSPS) is 13.6. The number of aromatic amines is 2. The van der Waals surface area contributed by atoms with Crippen LogP contribution in [-0.4, -0.2) is 66.1 Å². The summed E-state index contributed by atoms with van der Waals surface area (Å²) in [5.41, 5.74) is 7.86. The zero-order chi connectivity index (χ0) is 23.8. The number of hydrogen-bond donors (Lipinski definition) is 7. The Labute approximate surface area is 188 Å². The number of nitrogens with two attached hydrogens (primary N) is 1. The van der Waals surface area contributed by atoms with Crippen molar-refractivity contribution in [3.63, 3.8) is 0 Å². The molecule has 1 aromatic carbocycles. The third kappa shape index (κ3) is 6.90. The number of carboxylic acid groups (broad SMARTS) is 1. The maximum atomic E-state index is 12.9. The molecule has 0 radical (unpaired) electrons. The Morgan fingerprint density at radius 2 is 1.42 bits per heavy atom. The lowest BCUT2D eigenvalue weighted by atomic mass is 10.0. The fraction of sp³-hybridized carbons (Fsp3) is 0.286. The van der Waals surface area contributed by atoms with Crippen LogP contribution in [0.15, 0.2) is 49.3 Å². The second-order valence-corrected chi connectivity index (χ2v) is 7.50. The molecule has 0 saturated carbocycles. The number of imidazole rings is 2. The van der Waals surface area contributed by atoms with Gasteiger partial charge in [-0.1, -0.05) is 12.1 Å². The van der Waals surface area contributed by atoms with Crippen LogP contribution in [0.25, 0.3) is 0 Å². The molecule has 0 aliphatic heterocycles. The second kappa shape index (κ2) is 10.9. The van der Waals surface area contributed by atoms with E-state index in [0.717, 1.165) is 5.56 Å². The molecule has 12 nitrogen and oxygen atoms in total. The van der Waals surface area contributed by atoms with E-state index in [2.05, 4.69) is 30.6 Å². The van der Waals surface area contributed by atoms with Gasteiger partial charge in [0.15, 0.2) is 0 Å². The highest BCUT2D eigenvalue weighted by Gasteiger charge is 2.29. The van der Waals surface area contributed by atoms with E-state index in [9.17, 15) is 24.6 Å². The van der Waals surface area contributed by atoms with Gasteiger partial charge >= 0.3 is 5.97 Å². The third-order valence-electron chi connectivity index (χ3n) is 4.93. The maximum Gasteiger partial charge on any atom is 0.326 e. The van der Waals surface area contributed by atoms with Crippen molar-refractivity contribution in [1.29, 1.82) is 0 Å². The van der Waals surface area contributed by atoms with E-state index >= 15 is 0 Å². The number of aliphatic carboxylic acids is 1. The van der Waals surface area contributed by atoms with Crippen LogP contribution < -0.4 is 16.4 Å². The number of carbonyl (C=O) groups is 3. The van der Waals surface area contributed by atoms with Gasteiger partial charge in [0.1, 0.15) is 17.8 Å². The summed E-state index contributed by atoms with van der Waals surface area (Å²) in [5, 5.41) is 24.0. The molecule has 12 heteroatoms. The predicted octanol–water partition coefficient (Wildman–Crippen LogP) is -0.752. The fourth-order valence-electron chi connectivity index (χ4n) is 3.17. The Balaban J connectivity index is 1.68. The van der Waals surface area contributed by atoms with Crippen molar-refractivity contribution in [3.8, 4) is 5.75 Å². The largest absolute Gasteiger partial charge is 0.508 e. The van der Waals surface area contributed by atoms with Crippen molar-refractivity contribution < 1.29 is 24.6 Å². The van der Waals surface area contributed by atoms with Crippen LogP contribution in [0.2, 0.25) is 0 Å². The van der Waals surface area contributed by atoms with Gasteiger partial charge in [-0.25, -0.2) is 14.8 Å². The molecule has 0 unspecified atom stereocenters. The topological polar surface area (TPSA) is 199 Å². The summed E-state index contributed by atoms with van der Waals surface area (Å²) in [7, 11) is 0. The molecule has 174 valence electrons. The highest BCUT2D eigenvalue weighted by Crippen LogP contribution is 2.11. The molecule has 0 spiro atoms. The standard InChI is InChI=1S/C21H25N7O5/c22-16(5-12-1-3-15(29)4-2-12)19(30)27-17(6-13-8-23-10-25-13)20(31)28-18(21(32)33)7-14-9-24-11-26-14/h1-4,8-11,16-18,29H,5-7,22H2,(H,23,25)(H,24,26)(H,27,30)(H,28,31)(H,32,33)/t16-,17-,18-/m0/s1. The minimum atomic E-state index is -1.23. The number of H-pyrrole nitrogens is 2. The number of carboxylic acids is 1. The molecule has 33 heavy (non-hydrogen) atoms. The Morgan fingerprint density at radius 1 is 0.879 bits per heavy atom. The number of carbonyl (C=O) groups excluding carboxylic acids is 2. The predicted molar refractivity (Wildman–Crippen MR) is 116 cm³/mol. The van der Waals surface area contributed by atoms with E-state index in [1.807, 2.05) is 0 Å². The molecule has 0 bridgehead atoms. The van der Waals surface area contributed by atoms with Gasteiger partial charge in [0.05, 0.1) is 18.7 Å². The number of amides is 2. The quantitative estimate of drug-likeness (QED) is 0.196. The highest BCUT2D eigenvalue weighted by atomic mass is 16.4. The molecular formula is C21H25N7O5.